The van der Waals surface area contributed by atoms with Crippen LogP contribution in [0.15, 0.2) is 18.2 Å². The predicted octanol–water partition coefficient (Wildman–Crippen LogP) is 4.36. The maximum Gasteiger partial charge on any atom is 0.307 e. The number of carbonyl (C=O) groups is 1. The summed E-state index contributed by atoms with van der Waals surface area (Å²) >= 11 is 1.80. The summed E-state index contributed by atoms with van der Waals surface area (Å²) in [4.78, 5) is 13.2. The summed E-state index contributed by atoms with van der Waals surface area (Å²) < 4.78 is 0. The highest BCUT2D eigenvalue weighted by atomic mass is 32.1. The maximum absolute atomic E-state index is 10.6. The summed E-state index contributed by atoms with van der Waals surface area (Å²) in [5.74, 6) is -0.760. The van der Waals surface area contributed by atoms with E-state index in [0.717, 1.165) is 25.7 Å². The molecular weight excluding hydrogens is 232 g/mol. The molecule has 0 amide bonds. The molecule has 0 aliphatic carbocycles. The van der Waals surface area contributed by atoms with E-state index in [1.54, 1.807) is 11.3 Å². The van der Waals surface area contributed by atoms with Crippen LogP contribution in [0.5, 0.6) is 0 Å². The molecule has 0 aliphatic rings. The van der Waals surface area contributed by atoms with Gasteiger partial charge in [0, 0.05) is 9.75 Å². The lowest BCUT2D eigenvalue weighted by atomic mass is 10.1. The van der Waals surface area contributed by atoms with E-state index >= 15 is 0 Å². The standard InChI is InChI=1S/C14H20O2S/c1-3-5-11(7-10-14(15)16)13-9-8-12(17-13)6-4-2/h7-9H,3-6,10H2,1-2H3,(H,15,16)/b11-7+. The van der Waals surface area contributed by atoms with Crippen molar-refractivity contribution in [2.45, 2.75) is 46.0 Å². The van der Waals surface area contributed by atoms with E-state index in [1.807, 2.05) is 6.08 Å². The van der Waals surface area contributed by atoms with E-state index in [4.69, 9.17) is 5.11 Å². The molecule has 0 aromatic carbocycles. The molecule has 0 spiro atoms. The molecule has 1 aromatic heterocycles. The second-order valence-corrected chi connectivity index (χ2v) is 5.26. The number of carboxylic acid groups (broad SMARTS) is 1. The zero-order valence-electron chi connectivity index (χ0n) is 10.5. The first-order chi connectivity index (χ1) is 8.17. The summed E-state index contributed by atoms with van der Waals surface area (Å²) in [5.41, 5.74) is 1.18. The van der Waals surface area contributed by atoms with E-state index in [2.05, 4.69) is 26.0 Å². The first-order valence-corrected chi connectivity index (χ1v) is 6.98. The number of hydrogen-bond acceptors (Lipinski definition) is 2. The van der Waals surface area contributed by atoms with Gasteiger partial charge >= 0.3 is 5.97 Å². The Balaban J connectivity index is 2.81. The average Bonchev–Trinajstić information content (AvgIpc) is 2.73. The van der Waals surface area contributed by atoms with Crippen LogP contribution in [0.1, 0.15) is 49.3 Å². The Hall–Kier alpha value is -1.09. The second kappa shape index (κ2) is 7.28. The lowest BCUT2D eigenvalue weighted by Crippen LogP contribution is -1.92. The van der Waals surface area contributed by atoms with Crippen molar-refractivity contribution in [3.05, 3.63) is 28.0 Å². The van der Waals surface area contributed by atoms with Crippen molar-refractivity contribution in [3.63, 3.8) is 0 Å². The van der Waals surface area contributed by atoms with E-state index in [1.165, 1.54) is 15.3 Å². The molecule has 0 unspecified atom stereocenters. The summed E-state index contributed by atoms with van der Waals surface area (Å²) in [7, 11) is 0. The molecule has 1 N–H and O–H groups in total. The number of carboxylic acids is 1. The third-order valence-electron chi connectivity index (χ3n) is 2.52. The minimum atomic E-state index is -0.760. The maximum atomic E-state index is 10.6. The van der Waals surface area contributed by atoms with Crippen molar-refractivity contribution < 1.29 is 9.90 Å². The molecule has 1 heterocycles. The third kappa shape index (κ3) is 4.73. The molecule has 17 heavy (non-hydrogen) atoms. The van der Waals surface area contributed by atoms with Crippen molar-refractivity contribution in [2.75, 3.05) is 0 Å². The fourth-order valence-corrected chi connectivity index (χ4v) is 2.91. The van der Waals surface area contributed by atoms with Gasteiger partial charge in [-0.3, -0.25) is 4.79 Å². The lowest BCUT2D eigenvalue weighted by molar-refractivity contribution is -0.135. The number of hydrogen-bond donors (Lipinski definition) is 1. The normalized spacial score (nSPS) is 11.8. The highest BCUT2D eigenvalue weighted by Gasteiger charge is 2.06. The van der Waals surface area contributed by atoms with Crippen molar-refractivity contribution in [1.29, 1.82) is 0 Å². The van der Waals surface area contributed by atoms with Crippen LogP contribution in [0.25, 0.3) is 5.57 Å². The van der Waals surface area contributed by atoms with Crippen molar-refractivity contribution in [3.8, 4) is 0 Å². The summed E-state index contributed by atoms with van der Waals surface area (Å²) in [6, 6.07) is 4.28. The largest absolute Gasteiger partial charge is 0.481 e. The molecule has 1 rings (SSSR count). The van der Waals surface area contributed by atoms with Crippen LogP contribution < -0.4 is 0 Å². The monoisotopic (exact) mass is 252 g/mol. The van der Waals surface area contributed by atoms with Crippen LogP contribution in [0, 0.1) is 0 Å². The molecule has 0 saturated carbocycles. The highest BCUT2D eigenvalue weighted by molar-refractivity contribution is 7.13. The summed E-state index contributed by atoms with van der Waals surface area (Å²) in [5, 5.41) is 8.73. The number of thiophene rings is 1. The predicted molar refractivity (Wildman–Crippen MR) is 73.5 cm³/mol. The van der Waals surface area contributed by atoms with Crippen molar-refractivity contribution in [1.82, 2.24) is 0 Å². The van der Waals surface area contributed by atoms with E-state index in [0.29, 0.717) is 0 Å². The quantitative estimate of drug-likeness (QED) is 0.783. The Kier molecular flexibility index (Phi) is 5.98. The Morgan fingerprint density at radius 1 is 1.35 bits per heavy atom. The van der Waals surface area contributed by atoms with Gasteiger partial charge in [-0.25, -0.2) is 0 Å². The molecule has 0 fully saturated rings. The smallest absolute Gasteiger partial charge is 0.307 e. The van der Waals surface area contributed by atoms with E-state index in [9.17, 15) is 4.79 Å². The van der Waals surface area contributed by atoms with Crippen LogP contribution in [0.4, 0.5) is 0 Å². The Labute approximate surface area is 107 Å². The minimum absolute atomic E-state index is 0.121. The Morgan fingerprint density at radius 2 is 2.12 bits per heavy atom. The van der Waals surface area contributed by atoms with Gasteiger partial charge in [-0.15, -0.1) is 11.3 Å². The summed E-state index contributed by atoms with van der Waals surface area (Å²) in [6.07, 6.45) is 6.25. The van der Waals surface area contributed by atoms with Gasteiger partial charge in [0.25, 0.3) is 0 Å². The topological polar surface area (TPSA) is 37.3 Å². The second-order valence-electron chi connectivity index (χ2n) is 4.09. The Morgan fingerprint density at radius 3 is 2.71 bits per heavy atom. The van der Waals surface area contributed by atoms with Crippen LogP contribution in [-0.2, 0) is 11.2 Å². The molecule has 2 nitrogen and oxygen atoms in total. The zero-order chi connectivity index (χ0) is 12.7. The average molecular weight is 252 g/mol. The van der Waals surface area contributed by atoms with Gasteiger partial charge in [0.2, 0.25) is 0 Å². The van der Waals surface area contributed by atoms with Crippen LogP contribution in [0.3, 0.4) is 0 Å². The number of aryl methyl sites for hydroxylation is 1. The number of aliphatic carboxylic acids is 1. The fourth-order valence-electron chi connectivity index (χ4n) is 1.74. The number of allylic oxidation sites excluding steroid dienone is 1. The lowest BCUT2D eigenvalue weighted by Gasteiger charge is -2.02. The SMILES string of the molecule is CCC/C(=C\CC(=O)O)c1ccc(CCC)s1. The zero-order valence-corrected chi connectivity index (χ0v) is 11.3. The van der Waals surface area contributed by atoms with E-state index < -0.39 is 5.97 Å². The van der Waals surface area contributed by atoms with Gasteiger partial charge in [0.15, 0.2) is 0 Å². The van der Waals surface area contributed by atoms with Gasteiger partial charge in [-0.05, 0) is 30.5 Å². The van der Waals surface area contributed by atoms with Gasteiger partial charge in [0.05, 0.1) is 6.42 Å². The van der Waals surface area contributed by atoms with E-state index in [-0.39, 0.29) is 6.42 Å². The summed E-state index contributed by atoms with van der Waals surface area (Å²) in [6.45, 7) is 4.29. The van der Waals surface area contributed by atoms with Crippen molar-refractivity contribution >= 4 is 22.9 Å². The molecule has 94 valence electrons. The van der Waals surface area contributed by atoms with Gasteiger partial charge < -0.3 is 5.11 Å². The van der Waals surface area contributed by atoms with Crippen LogP contribution in [-0.4, -0.2) is 11.1 Å². The first-order valence-electron chi connectivity index (χ1n) is 6.17. The fraction of sp³-hybridized carbons (Fsp3) is 0.500. The van der Waals surface area contributed by atoms with Crippen LogP contribution >= 0.6 is 11.3 Å². The first kappa shape index (κ1) is 14.0. The third-order valence-corrected chi connectivity index (χ3v) is 3.74. The molecule has 0 bridgehead atoms. The molecule has 3 heteroatoms. The van der Waals surface area contributed by atoms with Crippen molar-refractivity contribution in [2.24, 2.45) is 0 Å². The van der Waals surface area contributed by atoms with Crippen LogP contribution in [0.2, 0.25) is 0 Å². The minimum Gasteiger partial charge on any atom is -0.481 e. The van der Waals surface area contributed by atoms with Gasteiger partial charge in [-0.1, -0.05) is 32.8 Å². The Bertz CT molecular complexity index is 391. The van der Waals surface area contributed by atoms with Gasteiger partial charge in [0.1, 0.15) is 0 Å². The number of rotatable bonds is 7. The van der Waals surface area contributed by atoms with Gasteiger partial charge in [-0.2, -0.15) is 0 Å². The molecule has 1 aromatic rings. The molecule has 0 radical (unpaired) electrons. The molecular formula is C14H20O2S. The molecule has 0 saturated heterocycles. The molecule has 0 atom stereocenters. The highest BCUT2D eigenvalue weighted by Crippen LogP contribution is 2.28. The molecule has 0 aliphatic heterocycles.